The van der Waals surface area contributed by atoms with Gasteiger partial charge in [-0.2, -0.15) is 0 Å². The zero-order chi connectivity index (χ0) is 54.9. The summed E-state index contributed by atoms with van der Waals surface area (Å²) < 4.78 is 45.1. The molecule has 0 saturated carbocycles. The third-order valence-electron chi connectivity index (χ3n) is 14.0. The maximum Gasteiger partial charge on any atom is 0.488 e. The molecule has 6 rings (SSSR count). The van der Waals surface area contributed by atoms with Gasteiger partial charge in [-0.05, 0) is 202 Å². The molecular weight excluding hydrogens is 1020 g/mol. The van der Waals surface area contributed by atoms with Crippen molar-refractivity contribution in [3.63, 3.8) is 0 Å². The Morgan fingerprint density at radius 2 is 0.972 bits per heavy atom. The van der Waals surface area contributed by atoms with Crippen LogP contribution in [0.3, 0.4) is 0 Å². The van der Waals surface area contributed by atoms with E-state index in [9.17, 15) is 19.2 Å². The molecule has 4 saturated heterocycles. The second-order valence-electron chi connectivity index (χ2n) is 22.6. The van der Waals surface area contributed by atoms with Crippen LogP contribution >= 0.6 is 38.6 Å². The fourth-order valence-electron chi connectivity index (χ4n) is 8.05. The van der Waals surface area contributed by atoms with Gasteiger partial charge in [0.2, 0.25) is 0 Å². The quantitative estimate of drug-likeness (QED) is 0.117. The van der Waals surface area contributed by atoms with E-state index in [2.05, 4.69) is 46.7 Å². The molecule has 14 nitrogen and oxygen atoms in total. The van der Waals surface area contributed by atoms with Crippen molar-refractivity contribution in [3.05, 3.63) is 59.4 Å². The van der Waals surface area contributed by atoms with Crippen molar-refractivity contribution in [3.8, 4) is 0 Å². The molecule has 2 aromatic rings. The standard InChI is InChI=1S/C20H29NO4S.C14H25NO2.C12H24B2O4.C7H7BrO2S/c1-7-15(17-13(2)16(12-26-17)18(22)24-6)14-8-10-21(11-9-14)19(23)25-20(3,4)5;1-6-11(2)12-7-9-15(10-8-12)13(16)17-14(3,4)5;1-9(2)10(3,4)16-13(15-9)14-17-11(5,6)12(7,8)18-14;1-4-5(7(9)10-2)3-11-6(4)8/h7,12,14H,8-11H2,1-6H3;6,12H,7-10H2,1-5H3;1-8H3;3H,1-2H3/b15-7-;11-6+;;. The summed E-state index contributed by atoms with van der Waals surface area (Å²) in [6.07, 6.45) is 7.78. The zero-order valence-corrected chi connectivity index (χ0v) is 50.5. The number of esters is 2. The van der Waals surface area contributed by atoms with Crippen molar-refractivity contribution in [2.75, 3.05) is 40.4 Å². The minimum absolute atomic E-state index is 0.172. The van der Waals surface area contributed by atoms with E-state index in [4.69, 9.17) is 32.8 Å². The Bertz CT molecular complexity index is 2160. The van der Waals surface area contributed by atoms with Crippen LogP contribution in [0.1, 0.15) is 180 Å². The van der Waals surface area contributed by atoms with Crippen molar-refractivity contribution in [2.24, 2.45) is 11.8 Å². The van der Waals surface area contributed by atoms with Crippen LogP contribution in [0, 0.1) is 25.7 Å². The molecule has 0 aliphatic carbocycles. The van der Waals surface area contributed by atoms with Gasteiger partial charge < -0.3 is 47.4 Å². The number of nitrogens with zero attached hydrogens (tertiary/aromatic N) is 2. The Hall–Kier alpha value is -3.19. The summed E-state index contributed by atoms with van der Waals surface area (Å²) in [5.41, 5.74) is 3.59. The van der Waals surface area contributed by atoms with Crippen molar-refractivity contribution in [1.29, 1.82) is 0 Å². The Balaban J connectivity index is 0.000000264. The summed E-state index contributed by atoms with van der Waals surface area (Å²) >= 11 is 6.40. The van der Waals surface area contributed by atoms with E-state index in [1.54, 1.807) is 21.6 Å². The number of carbonyl (C=O) groups excluding carboxylic acids is 4. The molecule has 0 N–H and O–H groups in total. The number of piperidine rings is 2. The summed E-state index contributed by atoms with van der Waals surface area (Å²) in [5.74, 6) is 0.449. The number of hydrogen-bond donors (Lipinski definition) is 0. The molecule has 4 fully saturated rings. The lowest BCUT2D eigenvalue weighted by Crippen LogP contribution is -2.41. The van der Waals surface area contributed by atoms with E-state index < -0.39 is 25.2 Å². The largest absolute Gasteiger partial charge is 0.488 e. The van der Waals surface area contributed by atoms with Gasteiger partial charge in [-0.25, -0.2) is 19.2 Å². The first-order chi connectivity index (χ1) is 33.1. The molecule has 4 aliphatic heterocycles. The first kappa shape index (κ1) is 63.1. The number of allylic oxidation sites excluding steroid dienone is 4. The summed E-state index contributed by atoms with van der Waals surface area (Å²) in [6.45, 7) is 40.7. The Labute approximate surface area is 449 Å². The number of carbonyl (C=O) groups is 4. The molecular formula is C53H85B2BrN2O12S2. The number of hydrogen-bond acceptors (Lipinski definition) is 14. The molecule has 0 spiro atoms. The van der Waals surface area contributed by atoms with Crippen LogP contribution in [0.4, 0.5) is 9.59 Å². The van der Waals surface area contributed by atoms with Gasteiger partial charge in [-0.3, -0.25) is 0 Å². The third-order valence-corrected chi connectivity index (χ3v) is 17.2. The van der Waals surface area contributed by atoms with E-state index in [1.807, 2.05) is 128 Å². The predicted octanol–water partition coefficient (Wildman–Crippen LogP) is 13.3. The van der Waals surface area contributed by atoms with E-state index in [1.165, 1.54) is 36.7 Å². The van der Waals surface area contributed by atoms with Gasteiger partial charge in [-0.1, -0.05) is 17.7 Å². The summed E-state index contributed by atoms with van der Waals surface area (Å²) in [7, 11) is 1.84. The number of halogens is 1. The fraction of sp³-hybridized carbons (Fsp3) is 0.698. The summed E-state index contributed by atoms with van der Waals surface area (Å²) in [6, 6.07) is 0. The first-order valence-electron chi connectivity index (χ1n) is 25.0. The minimum Gasteiger partial charge on any atom is -0.465 e. The van der Waals surface area contributed by atoms with Gasteiger partial charge in [-0.15, -0.1) is 22.7 Å². The molecule has 19 heteroatoms. The second-order valence-corrected chi connectivity index (χ2v) is 25.7. The summed E-state index contributed by atoms with van der Waals surface area (Å²) in [4.78, 5) is 51.7. The van der Waals surface area contributed by atoms with E-state index in [-0.39, 0.29) is 46.5 Å². The molecule has 0 aromatic carbocycles. The SMILES string of the molecule is C/C=C(\C)C1CCN(C(=O)OC(C)(C)C)CC1.C/C=C(\c1scc(C(=O)OC)c1C)C1CCN(C(=O)OC(C)(C)C)CC1.CC1(C)OB(B2OC(C)(C)C(C)(C)O2)OC1(C)C.COC(=O)c1csc(Br)c1C. The third kappa shape index (κ3) is 16.9. The topological polar surface area (TPSA) is 149 Å². The van der Waals surface area contributed by atoms with Crippen molar-refractivity contribution >= 4 is 82.3 Å². The van der Waals surface area contributed by atoms with Crippen LogP contribution in [-0.4, -0.2) is 122 Å². The van der Waals surface area contributed by atoms with Crippen molar-refractivity contribution in [1.82, 2.24) is 9.80 Å². The van der Waals surface area contributed by atoms with Gasteiger partial charge >= 0.3 is 38.1 Å². The normalized spacial score (nSPS) is 20.0. The lowest BCUT2D eigenvalue weighted by molar-refractivity contribution is 0.00578. The summed E-state index contributed by atoms with van der Waals surface area (Å²) in [5, 5.41) is 3.65. The first-order valence-corrected chi connectivity index (χ1v) is 27.6. The lowest BCUT2D eigenvalue weighted by atomic mass is 9.49. The second kappa shape index (κ2) is 25.6. The molecule has 4 aliphatic rings. The highest BCUT2D eigenvalue weighted by Gasteiger charge is 2.63. The molecule has 2 aromatic heterocycles. The number of methoxy groups -OCH3 is 2. The van der Waals surface area contributed by atoms with Gasteiger partial charge in [0.25, 0.3) is 0 Å². The fourth-order valence-corrected chi connectivity index (χ4v) is 10.5. The number of thiophene rings is 2. The number of amides is 2. The van der Waals surface area contributed by atoms with Gasteiger partial charge in [0.15, 0.2) is 0 Å². The highest BCUT2D eigenvalue weighted by Crippen LogP contribution is 2.43. The molecule has 404 valence electrons. The van der Waals surface area contributed by atoms with Crippen LogP contribution in [0.25, 0.3) is 5.57 Å². The molecule has 6 heterocycles. The van der Waals surface area contributed by atoms with E-state index in [0.717, 1.165) is 58.6 Å². The molecule has 0 radical (unpaired) electrons. The maximum atomic E-state index is 12.2. The van der Waals surface area contributed by atoms with Crippen molar-refractivity contribution < 1.29 is 56.7 Å². The van der Waals surface area contributed by atoms with Crippen LogP contribution in [-0.2, 0) is 37.6 Å². The predicted molar refractivity (Wildman–Crippen MR) is 295 cm³/mol. The zero-order valence-electron chi connectivity index (χ0n) is 47.3. The average Bonchev–Trinajstić information content (AvgIpc) is 3.97. The number of ether oxygens (including phenoxy) is 4. The van der Waals surface area contributed by atoms with Crippen molar-refractivity contribution in [2.45, 2.75) is 191 Å². The van der Waals surface area contributed by atoms with Gasteiger partial charge in [0, 0.05) is 41.8 Å². The van der Waals surface area contributed by atoms with Crippen LogP contribution in [0.2, 0.25) is 0 Å². The Morgan fingerprint density at radius 3 is 1.28 bits per heavy atom. The molecule has 0 unspecified atom stereocenters. The lowest BCUT2D eigenvalue weighted by Gasteiger charge is -2.34. The molecule has 2 amide bonds. The number of likely N-dealkylation sites (tertiary alicyclic amines) is 2. The Morgan fingerprint density at radius 1 is 0.625 bits per heavy atom. The molecule has 0 atom stereocenters. The molecule has 0 bridgehead atoms. The monoisotopic (exact) mass is 1110 g/mol. The van der Waals surface area contributed by atoms with Crippen LogP contribution < -0.4 is 0 Å². The van der Waals surface area contributed by atoms with Crippen LogP contribution in [0.15, 0.2) is 32.3 Å². The van der Waals surface area contributed by atoms with Gasteiger partial charge in [0.05, 0.1) is 51.5 Å². The number of rotatable bonds is 6. The highest BCUT2D eigenvalue weighted by atomic mass is 79.9. The van der Waals surface area contributed by atoms with E-state index >= 15 is 0 Å². The average molecular weight is 1110 g/mol. The van der Waals surface area contributed by atoms with Crippen LogP contribution in [0.5, 0.6) is 0 Å². The highest BCUT2D eigenvalue weighted by molar-refractivity contribution is 9.11. The smallest absolute Gasteiger partial charge is 0.465 e. The van der Waals surface area contributed by atoms with Gasteiger partial charge in [0.1, 0.15) is 11.2 Å². The Kier molecular flexibility index (Phi) is 22.4. The maximum absolute atomic E-state index is 12.2. The minimum atomic E-state index is -0.476. The molecule has 72 heavy (non-hydrogen) atoms. The van der Waals surface area contributed by atoms with E-state index in [0.29, 0.717) is 36.1 Å².